The first-order valence-corrected chi connectivity index (χ1v) is 8.29. The van der Waals surface area contributed by atoms with Crippen molar-refractivity contribution in [1.29, 1.82) is 0 Å². The Morgan fingerprint density at radius 1 is 1.15 bits per heavy atom. The zero-order valence-corrected chi connectivity index (χ0v) is 13.4. The molecule has 0 aromatic heterocycles. The largest absolute Gasteiger partial charge is 0.293 e. The van der Waals surface area contributed by atoms with E-state index < -0.39 is 0 Å². The normalized spacial score (nSPS) is 26.4. The van der Waals surface area contributed by atoms with Crippen molar-refractivity contribution in [2.75, 3.05) is 6.54 Å². The number of piperidine rings is 1. The van der Waals surface area contributed by atoms with Gasteiger partial charge in [0.15, 0.2) is 0 Å². The van der Waals surface area contributed by atoms with Gasteiger partial charge in [0.25, 0.3) is 0 Å². The zero-order valence-electron chi connectivity index (χ0n) is 13.4. The lowest BCUT2D eigenvalue weighted by Crippen LogP contribution is -2.58. The van der Waals surface area contributed by atoms with Crippen molar-refractivity contribution in [2.24, 2.45) is 11.3 Å². The highest BCUT2D eigenvalue weighted by Gasteiger charge is 2.48. The molecule has 20 heavy (non-hydrogen) atoms. The van der Waals surface area contributed by atoms with Crippen LogP contribution < -0.4 is 0 Å². The SMILES string of the molecule is CC(C)(C)[C@@H]1CCN(Cc2ccccc2)C2(CCC2)C1. The summed E-state index contributed by atoms with van der Waals surface area (Å²) in [6, 6.07) is 11.0. The predicted molar refractivity (Wildman–Crippen MR) is 85.6 cm³/mol. The molecular formula is C19H29N. The molecule has 0 bridgehead atoms. The van der Waals surface area contributed by atoms with Crippen LogP contribution in [0, 0.1) is 11.3 Å². The fraction of sp³-hybridized carbons (Fsp3) is 0.684. The van der Waals surface area contributed by atoms with Gasteiger partial charge in [-0.05, 0) is 55.5 Å². The van der Waals surface area contributed by atoms with E-state index >= 15 is 0 Å². The Bertz CT molecular complexity index is 439. The summed E-state index contributed by atoms with van der Waals surface area (Å²) >= 11 is 0. The predicted octanol–water partition coefficient (Wildman–Crippen LogP) is 4.87. The van der Waals surface area contributed by atoms with E-state index in [1.54, 1.807) is 0 Å². The molecule has 1 heteroatoms. The molecule has 0 N–H and O–H groups in total. The van der Waals surface area contributed by atoms with Crippen molar-refractivity contribution < 1.29 is 0 Å². The van der Waals surface area contributed by atoms with Crippen molar-refractivity contribution >= 4 is 0 Å². The first-order valence-electron chi connectivity index (χ1n) is 8.29. The van der Waals surface area contributed by atoms with Gasteiger partial charge in [-0.15, -0.1) is 0 Å². The molecule has 0 amide bonds. The van der Waals surface area contributed by atoms with E-state index in [4.69, 9.17) is 0 Å². The second-order valence-corrected chi connectivity index (χ2v) is 8.04. The summed E-state index contributed by atoms with van der Waals surface area (Å²) < 4.78 is 0. The lowest BCUT2D eigenvalue weighted by atomic mass is 9.62. The molecule has 1 saturated carbocycles. The average molecular weight is 271 g/mol. The van der Waals surface area contributed by atoms with E-state index in [2.05, 4.69) is 56.0 Å². The molecule has 3 rings (SSSR count). The van der Waals surface area contributed by atoms with E-state index in [0.717, 1.165) is 12.5 Å². The number of nitrogens with zero attached hydrogens (tertiary/aromatic N) is 1. The molecule has 2 aliphatic rings. The highest BCUT2D eigenvalue weighted by Crippen LogP contribution is 2.50. The molecule has 1 heterocycles. The molecule has 110 valence electrons. The van der Waals surface area contributed by atoms with Crippen LogP contribution >= 0.6 is 0 Å². The van der Waals surface area contributed by atoms with E-state index in [-0.39, 0.29) is 0 Å². The van der Waals surface area contributed by atoms with Gasteiger partial charge in [-0.3, -0.25) is 4.90 Å². The molecular weight excluding hydrogens is 242 g/mol. The standard InChI is InChI=1S/C19H29N/c1-18(2,3)17-10-13-20(19(14-17)11-7-12-19)15-16-8-5-4-6-9-16/h4-6,8-9,17H,7,10-15H2,1-3H3/t17-/m1/s1. The minimum atomic E-state index is 0.474. The molecule has 1 aliphatic heterocycles. The van der Waals surface area contributed by atoms with Crippen LogP contribution in [0.25, 0.3) is 0 Å². The third kappa shape index (κ3) is 2.65. The van der Waals surface area contributed by atoms with Gasteiger partial charge < -0.3 is 0 Å². The molecule has 1 aromatic carbocycles. The smallest absolute Gasteiger partial charge is 0.0239 e. The average Bonchev–Trinajstić information content (AvgIpc) is 2.37. The van der Waals surface area contributed by atoms with Gasteiger partial charge in [0.1, 0.15) is 0 Å². The second-order valence-electron chi connectivity index (χ2n) is 8.04. The van der Waals surface area contributed by atoms with Crippen LogP contribution in [-0.4, -0.2) is 17.0 Å². The summed E-state index contributed by atoms with van der Waals surface area (Å²) in [5, 5.41) is 0. The molecule has 0 unspecified atom stereocenters. The Balaban J connectivity index is 1.73. The monoisotopic (exact) mass is 271 g/mol. The maximum atomic E-state index is 2.80. The molecule has 0 radical (unpaired) electrons. The molecule has 1 nitrogen and oxygen atoms in total. The summed E-state index contributed by atoms with van der Waals surface area (Å²) in [5.74, 6) is 0.898. The molecule has 1 saturated heterocycles. The van der Waals surface area contributed by atoms with Gasteiger partial charge in [0, 0.05) is 12.1 Å². The first kappa shape index (κ1) is 14.1. The van der Waals surface area contributed by atoms with Gasteiger partial charge in [-0.2, -0.15) is 0 Å². The van der Waals surface area contributed by atoms with Crippen LogP contribution in [0.15, 0.2) is 30.3 Å². The Morgan fingerprint density at radius 3 is 2.40 bits per heavy atom. The van der Waals surface area contributed by atoms with Crippen LogP contribution in [0.1, 0.15) is 58.4 Å². The highest BCUT2D eigenvalue weighted by atomic mass is 15.2. The summed E-state index contributed by atoms with van der Waals surface area (Å²) in [6.07, 6.45) is 7.07. The van der Waals surface area contributed by atoms with Crippen molar-refractivity contribution in [2.45, 2.75) is 65.0 Å². The zero-order chi connectivity index (χ0) is 14.2. The number of hydrogen-bond acceptors (Lipinski definition) is 1. The minimum absolute atomic E-state index is 0.474. The summed E-state index contributed by atoms with van der Waals surface area (Å²) in [4.78, 5) is 2.80. The second kappa shape index (κ2) is 5.18. The van der Waals surface area contributed by atoms with Crippen LogP contribution in [0.5, 0.6) is 0 Å². The van der Waals surface area contributed by atoms with Crippen LogP contribution in [0.2, 0.25) is 0 Å². The van der Waals surface area contributed by atoms with Gasteiger partial charge in [-0.1, -0.05) is 51.1 Å². The van der Waals surface area contributed by atoms with Crippen molar-refractivity contribution in [3.8, 4) is 0 Å². The van der Waals surface area contributed by atoms with E-state index in [1.165, 1.54) is 44.2 Å². The topological polar surface area (TPSA) is 3.24 Å². The number of likely N-dealkylation sites (tertiary alicyclic amines) is 1. The summed E-state index contributed by atoms with van der Waals surface area (Å²) in [7, 11) is 0. The lowest BCUT2D eigenvalue weighted by Gasteiger charge is -2.57. The van der Waals surface area contributed by atoms with Crippen LogP contribution in [0.4, 0.5) is 0 Å². The van der Waals surface area contributed by atoms with Gasteiger partial charge in [-0.25, -0.2) is 0 Å². The molecule has 1 atom stereocenters. The molecule has 2 fully saturated rings. The quantitative estimate of drug-likeness (QED) is 0.742. The van der Waals surface area contributed by atoms with E-state index in [0.29, 0.717) is 11.0 Å². The molecule has 1 aromatic rings. The summed E-state index contributed by atoms with van der Waals surface area (Å²) in [5.41, 5.74) is 2.49. The fourth-order valence-corrected chi connectivity index (χ4v) is 4.13. The summed E-state index contributed by atoms with van der Waals surface area (Å²) in [6.45, 7) is 9.72. The van der Waals surface area contributed by atoms with Gasteiger partial charge in [0.2, 0.25) is 0 Å². The fourth-order valence-electron chi connectivity index (χ4n) is 4.13. The Hall–Kier alpha value is -0.820. The Kier molecular flexibility index (Phi) is 3.66. The maximum Gasteiger partial charge on any atom is 0.0239 e. The van der Waals surface area contributed by atoms with Crippen molar-refractivity contribution in [3.05, 3.63) is 35.9 Å². The van der Waals surface area contributed by atoms with Gasteiger partial charge in [0.05, 0.1) is 0 Å². The van der Waals surface area contributed by atoms with Crippen molar-refractivity contribution in [1.82, 2.24) is 4.90 Å². The minimum Gasteiger partial charge on any atom is -0.293 e. The third-order valence-corrected chi connectivity index (χ3v) is 5.77. The highest BCUT2D eigenvalue weighted by molar-refractivity contribution is 5.16. The Morgan fingerprint density at radius 2 is 1.85 bits per heavy atom. The number of benzene rings is 1. The molecule has 1 aliphatic carbocycles. The van der Waals surface area contributed by atoms with Crippen molar-refractivity contribution in [3.63, 3.8) is 0 Å². The number of hydrogen-bond donors (Lipinski definition) is 0. The first-order chi connectivity index (χ1) is 9.50. The molecule has 1 spiro atoms. The third-order valence-electron chi connectivity index (χ3n) is 5.77. The van der Waals surface area contributed by atoms with E-state index in [1.807, 2.05) is 0 Å². The van der Waals surface area contributed by atoms with E-state index in [9.17, 15) is 0 Å². The maximum absolute atomic E-state index is 2.80. The van der Waals surface area contributed by atoms with Crippen LogP contribution in [0.3, 0.4) is 0 Å². The number of rotatable bonds is 2. The van der Waals surface area contributed by atoms with Crippen LogP contribution in [-0.2, 0) is 6.54 Å². The Labute approximate surface area is 124 Å². The van der Waals surface area contributed by atoms with Gasteiger partial charge >= 0.3 is 0 Å². The lowest BCUT2D eigenvalue weighted by molar-refractivity contribution is -0.0641.